The van der Waals surface area contributed by atoms with Crippen LogP contribution in [0.4, 0.5) is 0 Å². The Bertz CT molecular complexity index is 195. The Kier molecular flexibility index (Phi) is 5.69. The van der Waals surface area contributed by atoms with Gasteiger partial charge in [0.25, 0.3) is 0 Å². The van der Waals surface area contributed by atoms with Crippen LogP contribution in [0.25, 0.3) is 0 Å². The highest BCUT2D eigenvalue weighted by Crippen LogP contribution is 2.15. The summed E-state index contributed by atoms with van der Waals surface area (Å²) in [7, 11) is 2.17. The minimum atomic E-state index is -0.396. The molecule has 0 amide bonds. The van der Waals surface area contributed by atoms with Gasteiger partial charge in [0, 0.05) is 24.5 Å². The molecule has 1 unspecified atom stereocenters. The van der Waals surface area contributed by atoms with Crippen molar-refractivity contribution in [1.29, 1.82) is 0 Å². The Morgan fingerprint density at radius 3 is 2.56 bits per heavy atom. The van der Waals surface area contributed by atoms with Crippen molar-refractivity contribution < 1.29 is 10.2 Å². The highest BCUT2D eigenvalue weighted by atomic mass is 16.3. The van der Waals surface area contributed by atoms with Crippen molar-refractivity contribution in [3.8, 4) is 0 Å². The van der Waals surface area contributed by atoms with Gasteiger partial charge in [-0.05, 0) is 26.4 Å². The van der Waals surface area contributed by atoms with E-state index in [-0.39, 0.29) is 13.2 Å². The number of hydrogen-bond donors (Lipinski definition) is 3. The van der Waals surface area contributed by atoms with Gasteiger partial charge < -0.3 is 20.4 Å². The lowest BCUT2D eigenvalue weighted by atomic mass is 9.93. The van der Waals surface area contributed by atoms with Crippen LogP contribution in [-0.4, -0.2) is 61.1 Å². The zero-order valence-electron chi connectivity index (χ0n) is 10.6. The Morgan fingerprint density at radius 2 is 2.00 bits per heavy atom. The van der Waals surface area contributed by atoms with E-state index < -0.39 is 5.41 Å². The van der Waals surface area contributed by atoms with Crippen LogP contribution in [0.2, 0.25) is 0 Å². The SMILES string of the molecule is CN1CCCCC1CNCC(C)(CO)CO. The molecule has 4 nitrogen and oxygen atoms in total. The van der Waals surface area contributed by atoms with Gasteiger partial charge in [0.15, 0.2) is 0 Å². The van der Waals surface area contributed by atoms with Gasteiger partial charge in [0.05, 0.1) is 13.2 Å². The predicted molar refractivity (Wildman–Crippen MR) is 65.4 cm³/mol. The second kappa shape index (κ2) is 6.55. The van der Waals surface area contributed by atoms with Crippen molar-refractivity contribution in [2.24, 2.45) is 5.41 Å². The van der Waals surface area contributed by atoms with Crippen LogP contribution < -0.4 is 5.32 Å². The smallest absolute Gasteiger partial charge is 0.0518 e. The lowest BCUT2D eigenvalue weighted by molar-refractivity contribution is 0.0669. The molecule has 0 aromatic rings. The molecule has 1 heterocycles. The maximum absolute atomic E-state index is 9.16. The zero-order chi connectivity index (χ0) is 12.0. The number of nitrogens with one attached hydrogen (secondary N) is 1. The molecule has 4 heteroatoms. The largest absolute Gasteiger partial charge is 0.396 e. The fourth-order valence-corrected chi connectivity index (χ4v) is 2.10. The van der Waals surface area contributed by atoms with Crippen LogP contribution in [0.15, 0.2) is 0 Å². The highest BCUT2D eigenvalue weighted by molar-refractivity contribution is 4.80. The number of hydrogen-bond acceptors (Lipinski definition) is 4. The van der Waals surface area contributed by atoms with Gasteiger partial charge in [-0.3, -0.25) is 0 Å². The van der Waals surface area contributed by atoms with Crippen LogP contribution in [-0.2, 0) is 0 Å². The summed E-state index contributed by atoms with van der Waals surface area (Å²) in [6.07, 6.45) is 3.87. The number of likely N-dealkylation sites (N-methyl/N-ethyl adjacent to an activating group) is 1. The summed E-state index contributed by atoms with van der Waals surface area (Å²) in [5.74, 6) is 0. The lowest BCUT2D eigenvalue weighted by Gasteiger charge is -2.34. The molecule has 1 aliphatic heterocycles. The summed E-state index contributed by atoms with van der Waals surface area (Å²) in [5.41, 5.74) is -0.396. The molecule has 0 aliphatic carbocycles. The van der Waals surface area contributed by atoms with E-state index in [1.165, 1.54) is 25.8 Å². The van der Waals surface area contributed by atoms with Crippen LogP contribution in [0.3, 0.4) is 0 Å². The monoisotopic (exact) mass is 230 g/mol. The number of piperidine rings is 1. The highest BCUT2D eigenvalue weighted by Gasteiger charge is 2.23. The average Bonchev–Trinajstić information content (AvgIpc) is 2.31. The number of likely N-dealkylation sites (tertiary alicyclic amines) is 1. The molecular formula is C12H26N2O2. The van der Waals surface area contributed by atoms with Crippen molar-refractivity contribution in [1.82, 2.24) is 10.2 Å². The second-order valence-corrected chi connectivity index (χ2v) is 5.39. The third kappa shape index (κ3) is 4.01. The van der Waals surface area contributed by atoms with Crippen molar-refractivity contribution in [3.63, 3.8) is 0 Å². The first-order chi connectivity index (χ1) is 7.61. The second-order valence-electron chi connectivity index (χ2n) is 5.39. The van der Waals surface area contributed by atoms with Crippen molar-refractivity contribution in [3.05, 3.63) is 0 Å². The molecule has 1 atom stereocenters. The summed E-state index contributed by atoms with van der Waals surface area (Å²) in [5, 5.41) is 21.7. The van der Waals surface area contributed by atoms with E-state index in [1.54, 1.807) is 0 Å². The molecule has 0 spiro atoms. The number of aliphatic hydroxyl groups is 2. The number of rotatable bonds is 6. The predicted octanol–water partition coefficient (Wildman–Crippen LogP) is 0.0512. The van der Waals surface area contributed by atoms with Gasteiger partial charge in [0.2, 0.25) is 0 Å². The first kappa shape index (κ1) is 13.9. The first-order valence-electron chi connectivity index (χ1n) is 6.24. The first-order valence-corrected chi connectivity index (χ1v) is 6.24. The number of aliphatic hydroxyl groups excluding tert-OH is 2. The Hall–Kier alpha value is -0.160. The number of nitrogens with zero attached hydrogens (tertiary/aromatic N) is 1. The average molecular weight is 230 g/mol. The van der Waals surface area contributed by atoms with Gasteiger partial charge in [-0.1, -0.05) is 13.3 Å². The fraction of sp³-hybridized carbons (Fsp3) is 1.00. The molecule has 3 N–H and O–H groups in total. The van der Waals surface area contributed by atoms with Crippen LogP contribution in [0, 0.1) is 5.41 Å². The third-order valence-corrected chi connectivity index (χ3v) is 3.62. The summed E-state index contributed by atoms with van der Waals surface area (Å²) in [6.45, 7) is 4.75. The third-order valence-electron chi connectivity index (χ3n) is 3.62. The maximum atomic E-state index is 9.16. The minimum absolute atomic E-state index is 0.0248. The molecule has 1 rings (SSSR count). The van der Waals surface area contributed by atoms with E-state index in [0.717, 1.165) is 6.54 Å². The van der Waals surface area contributed by atoms with Gasteiger partial charge in [-0.25, -0.2) is 0 Å². The van der Waals surface area contributed by atoms with E-state index in [4.69, 9.17) is 10.2 Å². The standard InChI is InChI=1S/C12H26N2O2/c1-12(9-15,10-16)8-13-7-11-5-3-4-6-14(11)2/h11,13,15-16H,3-10H2,1-2H3. The van der Waals surface area contributed by atoms with E-state index >= 15 is 0 Å². The molecule has 0 aromatic heterocycles. The molecule has 0 saturated carbocycles. The molecule has 0 radical (unpaired) electrons. The summed E-state index contributed by atoms with van der Waals surface area (Å²) < 4.78 is 0. The van der Waals surface area contributed by atoms with Crippen molar-refractivity contribution in [2.75, 3.05) is 39.9 Å². The zero-order valence-corrected chi connectivity index (χ0v) is 10.6. The van der Waals surface area contributed by atoms with E-state index in [9.17, 15) is 0 Å². The fourth-order valence-electron chi connectivity index (χ4n) is 2.10. The van der Waals surface area contributed by atoms with Crippen LogP contribution in [0.1, 0.15) is 26.2 Å². The molecule has 96 valence electrons. The summed E-state index contributed by atoms with van der Waals surface area (Å²) in [4.78, 5) is 2.39. The molecule has 1 aliphatic rings. The van der Waals surface area contributed by atoms with Crippen LogP contribution >= 0.6 is 0 Å². The van der Waals surface area contributed by atoms with Gasteiger partial charge in [0.1, 0.15) is 0 Å². The topological polar surface area (TPSA) is 55.7 Å². The van der Waals surface area contributed by atoms with Gasteiger partial charge in [-0.2, -0.15) is 0 Å². The van der Waals surface area contributed by atoms with Crippen molar-refractivity contribution >= 4 is 0 Å². The molecule has 0 aromatic carbocycles. The Labute approximate surface area is 98.6 Å². The van der Waals surface area contributed by atoms with Crippen LogP contribution in [0.5, 0.6) is 0 Å². The van der Waals surface area contributed by atoms with E-state index in [1.807, 2.05) is 6.92 Å². The quantitative estimate of drug-likeness (QED) is 0.603. The summed E-state index contributed by atoms with van der Waals surface area (Å²) in [6, 6.07) is 0.607. The molecular weight excluding hydrogens is 204 g/mol. The van der Waals surface area contributed by atoms with E-state index in [0.29, 0.717) is 12.6 Å². The normalized spacial score (nSPS) is 23.6. The molecule has 16 heavy (non-hydrogen) atoms. The maximum Gasteiger partial charge on any atom is 0.0518 e. The van der Waals surface area contributed by atoms with Crippen molar-refractivity contribution in [2.45, 2.75) is 32.2 Å². The summed E-state index contributed by atoms with van der Waals surface area (Å²) >= 11 is 0. The van der Waals surface area contributed by atoms with Gasteiger partial charge >= 0.3 is 0 Å². The lowest BCUT2D eigenvalue weighted by Crippen LogP contribution is -2.46. The molecule has 1 fully saturated rings. The molecule has 0 bridgehead atoms. The van der Waals surface area contributed by atoms with Gasteiger partial charge in [-0.15, -0.1) is 0 Å². The molecule has 1 saturated heterocycles. The minimum Gasteiger partial charge on any atom is -0.396 e. The van der Waals surface area contributed by atoms with E-state index in [2.05, 4.69) is 17.3 Å². The Morgan fingerprint density at radius 1 is 1.31 bits per heavy atom. The Balaban J connectivity index is 2.23.